The van der Waals surface area contributed by atoms with E-state index in [2.05, 4.69) is 4.74 Å². The van der Waals surface area contributed by atoms with Crippen molar-refractivity contribution in [2.45, 2.75) is 12.8 Å². The van der Waals surface area contributed by atoms with E-state index in [1.165, 1.54) is 6.92 Å². The van der Waals surface area contributed by atoms with Crippen LogP contribution in [0.1, 0.15) is 12.5 Å². The molecular formula is C10H9ClF2O3. The van der Waals surface area contributed by atoms with Crippen molar-refractivity contribution in [3.8, 4) is 5.75 Å². The molecule has 0 aromatic heterocycles. The van der Waals surface area contributed by atoms with Gasteiger partial charge in [-0.15, -0.1) is 0 Å². The average Bonchev–Trinajstić information content (AvgIpc) is 2.22. The van der Waals surface area contributed by atoms with Gasteiger partial charge in [-0.2, -0.15) is 8.78 Å². The highest BCUT2D eigenvalue weighted by Crippen LogP contribution is 2.34. The van der Waals surface area contributed by atoms with E-state index in [4.69, 9.17) is 16.7 Å². The fourth-order valence-corrected chi connectivity index (χ4v) is 1.17. The summed E-state index contributed by atoms with van der Waals surface area (Å²) in [5.41, 5.74) is -0.659. The van der Waals surface area contributed by atoms with E-state index in [0.717, 1.165) is 18.2 Å². The van der Waals surface area contributed by atoms with Gasteiger partial charge >= 0.3 is 11.9 Å². The van der Waals surface area contributed by atoms with Crippen LogP contribution in [0.15, 0.2) is 18.2 Å². The van der Waals surface area contributed by atoms with Crippen LogP contribution < -0.4 is 0 Å². The summed E-state index contributed by atoms with van der Waals surface area (Å²) in [7, 11) is 0. The maximum Gasteiger partial charge on any atom is 0.381 e. The molecular weight excluding hydrogens is 242 g/mol. The molecule has 3 nitrogen and oxygen atoms in total. The number of esters is 1. The summed E-state index contributed by atoms with van der Waals surface area (Å²) in [5, 5.41) is 9.09. The summed E-state index contributed by atoms with van der Waals surface area (Å²) in [6, 6.07) is 2.78. The molecule has 0 aliphatic heterocycles. The number of aromatic hydroxyl groups is 1. The molecule has 0 saturated carbocycles. The highest BCUT2D eigenvalue weighted by molar-refractivity contribution is 6.32. The molecule has 1 N–H and O–H groups in total. The molecule has 0 fully saturated rings. The number of carbonyl (C=O) groups is 1. The topological polar surface area (TPSA) is 46.5 Å². The van der Waals surface area contributed by atoms with Crippen molar-refractivity contribution >= 4 is 17.6 Å². The number of phenols is 1. The van der Waals surface area contributed by atoms with Crippen molar-refractivity contribution in [1.29, 1.82) is 0 Å². The van der Waals surface area contributed by atoms with Gasteiger partial charge in [0.05, 0.1) is 11.6 Å². The van der Waals surface area contributed by atoms with Gasteiger partial charge in [-0.25, -0.2) is 4.79 Å². The van der Waals surface area contributed by atoms with Crippen LogP contribution in [0.25, 0.3) is 0 Å². The fourth-order valence-electron chi connectivity index (χ4n) is 1.05. The molecule has 0 saturated heterocycles. The van der Waals surface area contributed by atoms with Gasteiger partial charge in [-0.3, -0.25) is 0 Å². The quantitative estimate of drug-likeness (QED) is 0.839. The van der Waals surface area contributed by atoms with Gasteiger partial charge < -0.3 is 9.84 Å². The highest BCUT2D eigenvalue weighted by Gasteiger charge is 2.42. The Morgan fingerprint density at radius 3 is 2.69 bits per heavy atom. The van der Waals surface area contributed by atoms with Gasteiger partial charge in [0.15, 0.2) is 0 Å². The predicted octanol–water partition coefficient (Wildman–Crippen LogP) is 2.70. The van der Waals surface area contributed by atoms with Crippen LogP contribution in [0.4, 0.5) is 8.78 Å². The molecule has 1 aromatic rings. The number of alkyl halides is 2. The van der Waals surface area contributed by atoms with Crippen molar-refractivity contribution in [1.82, 2.24) is 0 Å². The number of hydrogen-bond acceptors (Lipinski definition) is 3. The minimum atomic E-state index is -3.79. The van der Waals surface area contributed by atoms with Gasteiger partial charge in [0.25, 0.3) is 0 Å². The van der Waals surface area contributed by atoms with Crippen LogP contribution in [-0.2, 0) is 15.5 Å². The van der Waals surface area contributed by atoms with Crippen molar-refractivity contribution in [2.24, 2.45) is 0 Å². The Labute approximate surface area is 95.6 Å². The number of hydrogen-bond donors (Lipinski definition) is 1. The molecule has 0 aliphatic rings. The van der Waals surface area contributed by atoms with E-state index in [-0.39, 0.29) is 11.6 Å². The fraction of sp³-hybridized carbons (Fsp3) is 0.300. The summed E-state index contributed by atoms with van der Waals surface area (Å²) in [4.78, 5) is 11.0. The molecule has 0 amide bonds. The Balaban J connectivity index is 3.06. The standard InChI is InChI=1S/C10H9ClF2O3/c1-2-16-9(15)10(12,13)6-3-4-7(11)8(14)5-6/h3-5,14H,2H2,1H3. The first-order valence-corrected chi connectivity index (χ1v) is 4.81. The molecule has 1 rings (SSSR count). The first kappa shape index (κ1) is 12.7. The third-order valence-electron chi connectivity index (χ3n) is 1.84. The van der Waals surface area contributed by atoms with Crippen molar-refractivity contribution in [3.63, 3.8) is 0 Å². The molecule has 0 heterocycles. The van der Waals surface area contributed by atoms with E-state index in [0.29, 0.717) is 0 Å². The second kappa shape index (κ2) is 4.65. The lowest BCUT2D eigenvalue weighted by atomic mass is 10.1. The number of halogens is 3. The zero-order valence-electron chi connectivity index (χ0n) is 8.34. The Morgan fingerprint density at radius 1 is 1.56 bits per heavy atom. The third-order valence-corrected chi connectivity index (χ3v) is 2.16. The van der Waals surface area contributed by atoms with Crippen LogP contribution in [0.3, 0.4) is 0 Å². The Hall–Kier alpha value is -1.36. The second-order valence-corrected chi connectivity index (χ2v) is 3.37. The van der Waals surface area contributed by atoms with Gasteiger partial charge in [0.1, 0.15) is 5.75 Å². The van der Waals surface area contributed by atoms with Crippen molar-refractivity contribution < 1.29 is 23.4 Å². The van der Waals surface area contributed by atoms with Gasteiger partial charge in [-0.05, 0) is 19.1 Å². The molecule has 0 unspecified atom stereocenters. The van der Waals surface area contributed by atoms with Crippen LogP contribution in [-0.4, -0.2) is 17.7 Å². The van der Waals surface area contributed by atoms with E-state index >= 15 is 0 Å². The molecule has 0 spiro atoms. The van der Waals surface area contributed by atoms with E-state index < -0.39 is 23.2 Å². The molecule has 0 atom stereocenters. The maximum absolute atomic E-state index is 13.4. The first-order chi connectivity index (χ1) is 7.39. The monoisotopic (exact) mass is 250 g/mol. The number of carbonyl (C=O) groups excluding carboxylic acids is 1. The lowest BCUT2D eigenvalue weighted by Crippen LogP contribution is -2.28. The third kappa shape index (κ3) is 2.41. The highest BCUT2D eigenvalue weighted by atomic mass is 35.5. The molecule has 16 heavy (non-hydrogen) atoms. The largest absolute Gasteiger partial charge is 0.506 e. The van der Waals surface area contributed by atoms with Crippen LogP contribution in [0.2, 0.25) is 5.02 Å². The van der Waals surface area contributed by atoms with Gasteiger partial charge in [0, 0.05) is 5.56 Å². The summed E-state index contributed by atoms with van der Waals surface area (Å²) >= 11 is 5.46. The van der Waals surface area contributed by atoms with Gasteiger partial charge in [0.2, 0.25) is 0 Å². The SMILES string of the molecule is CCOC(=O)C(F)(F)c1ccc(Cl)c(O)c1. The van der Waals surface area contributed by atoms with E-state index in [1.807, 2.05) is 0 Å². The zero-order chi connectivity index (χ0) is 12.3. The first-order valence-electron chi connectivity index (χ1n) is 4.43. The summed E-state index contributed by atoms with van der Waals surface area (Å²) in [6.45, 7) is 1.28. The van der Waals surface area contributed by atoms with Crippen LogP contribution in [0.5, 0.6) is 5.75 Å². The summed E-state index contributed by atoms with van der Waals surface area (Å²) < 4.78 is 31.1. The molecule has 0 aliphatic carbocycles. The number of phenolic OH excluding ortho intramolecular Hbond substituents is 1. The van der Waals surface area contributed by atoms with Crippen LogP contribution in [0, 0.1) is 0 Å². The summed E-state index contributed by atoms with van der Waals surface area (Å²) in [6.07, 6.45) is 0. The lowest BCUT2D eigenvalue weighted by molar-refractivity contribution is -0.173. The molecule has 0 bridgehead atoms. The number of benzene rings is 1. The smallest absolute Gasteiger partial charge is 0.381 e. The maximum atomic E-state index is 13.4. The zero-order valence-corrected chi connectivity index (χ0v) is 9.09. The molecule has 6 heteroatoms. The Kier molecular flexibility index (Phi) is 3.70. The Morgan fingerprint density at radius 2 is 2.19 bits per heavy atom. The van der Waals surface area contributed by atoms with Crippen LogP contribution >= 0.6 is 11.6 Å². The normalized spacial score (nSPS) is 11.2. The molecule has 88 valence electrons. The molecule has 0 radical (unpaired) electrons. The minimum absolute atomic E-state index is 0.0663. The Bertz CT molecular complexity index is 407. The lowest BCUT2D eigenvalue weighted by Gasteiger charge is -2.15. The number of ether oxygens (including phenoxy) is 1. The van der Waals surface area contributed by atoms with E-state index in [1.54, 1.807) is 0 Å². The van der Waals surface area contributed by atoms with Gasteiger partial charge in [-0.1, -0.05) is 17.7 Å². The summed E-state index contributed by atoms with van der Waals surface area (Å²) in [5.74, 6) is -5.96. The van der Waals surface area contributed by atoms with Crippen molar-refractivity contribution in [3.05, 3.63) is 28.8 Å². The predicted molar refractivity (Wildman–Crippen MR) is 53.6 cm³/mol. The van der Waals surface area contributed by atoms with Crippen molar-refractivity contribution in [2.75, 3.05) is 6.61 Å². The average molecular weight is 251 g/mol. The van der Waals surface area contributed by atoms with E-state index in [9.17, 15) is 13.6 Å². The second-order valence-electron chi connectivity index (χ2n) is 2.96. The molecule has 1 aromatic carbocycles. The number of rotatable bonds is 3. The minimum Gasteiger partial charge on any atom is -0.506 e.